The van der Waals surface area contributed by atoms with Gasteiger partial charge in [0.15, 0.2) is 0 Å². The molecule has 0 aromatic heterocycles. The van der Waals surface area contributed by atoms with Crippen LogP contribution in [0.3, 0.4) is 0 Å². The van der Waals surface area contributed by atoms with Crippen molar-refractivity contribution >= 4 is 11.9 Å². The van der Waals surface area contributed by atoms with Gasteiger partial charge in [-0.15, -0.1) is 0 Å². The molecule has 0 spiro atoms. The van der Waals surface area contributed by atoms with E-state index < -0.39 is 11.9 Å². The van der Waals surface area contributed by atoms with Crippen LogP contribution in [0, 0.1) is 0 Å². The molecule has 2 aromatic rings. The zero-order valence-corrected chi connectivity index (χ0v) is 15.8. The first kappa shape index (κ1) is 20.6. The molecular weight excluding hydrogens is 354 g/mol. The van der Waals surface area contributed by atoms with Gasteiger partial charge in [-0.25, -0.2) is 9.59 Å². The molecule has 0 unspecified atom stereocenters. The van der Waals surface area contributed by atoms with Crippen molar-refractivity contribution in [3.63, 3.8) is 0 Å². The number of carbonyl (C=O) groups is 2. The quantitative estimate of drug-likeness (QED) is 0.805. The maximum absolute atomic E-state index is 10.4. The number of methoxy groups -OCH3 is 2. The Kier molecular flexibility index (Phi) is 9.27. The van der Waals surface area contributed by atoms with Crippen LogP contribution in [0.2, 0.25) is 0 Å². The van der Waals surface area contributed by atoms with E-state index in [1.165, 1.54) is 38.5 Å². The minimum Gasteiger partial charge on any atom is -0.497 e. The van der Waals surface area contributed by atoms with Crippen molar-refractivity contribution in [2.45, 2.75) is 0 Å². The predicted molar refractivity (Wildman–Crippen MR) is 79.9 cm³/mol. The van der Waals surface area contributed by atoms with Gasteiger partial charge in [-0.1, -0.05) is 0 Å². The second kappa shape index (κ2) is 10.3. The maximum atomic E-state index is 10.4. The topological polar surface area (TPSA) is 93.1 Å². The van der Waals surface area contributed by atoms with Crippen molar-refractivity contribution in [3.05, 3.63) is 59.7 Å². The van der Waals surface area contributed by atoms with Gasteiger partial charge in [0, 0.05) is 19.5 Å². The largest absolute Gasteiger partial charge is 0.497 e. The number of carboxylic acids is 2. The zero-order chi connectivity index (χ0) is 16.5. The third-order valence-corrected chi connectivity index (χ3v) is 2.67. The Labute approximate surface area is 146 Å². The van der Waals surface area contributed by atoms with E-state index in [-0.39, 0.29) is 30.6 Å². The van der Waals surface area contributed by atoms with Crippen LogP contribution in [-0.4, -0.2) is 36.4 Å². The minimum atomic E-state index is -0.923. The van der Waals surface area contributed by atoms with Gasteiger partial charge in [0.2, 0.25) is 0 Å². The molecule has 0 radical (unpaired) electrons. The molecule has 118 valence electrons. The van der Waals surface area contributed by atoms with Gasteiger partial charge in [0.05, 0.1) is 25.3 Å². The molecule has 0 aliphatic carbocycles. The molecule has 0 saturated carbocycles. The molecule has 2 N–H and O–H groups in total. The molecule has 23 heavy (non-hydrogen) atoms. The van der Waals surface area contributed by atoms with Gasteiger partial charge < -0.3 is 19.7 Å². The molecule has 2 rings (SSSR count). The number of ether oxygens (including phenoxy) is 2. The summed E-state index contributed by atoms with van der Waals surface area (Å²) in [5.41, 5.74) is 0.539. The van der Waals surface area contributed by atoms with Crippen molar-refractivity contribution in [2.75, 3.05) is 14.2 Å². The van der Waals surface area contributed by atoms with E-state index in [0.29, 0.717) is 11.5 Å². The predicted octanol–water partition coefficient (Wildman–Crippen LogP) is 2.78. The van der Waals surface area contributed by atoms with Crippen LogP contribution in [0.5, 0.6) is 11.5 Å². The zero-order valence-electron chi connectivity index (χ0n) is 12.9. The number of rotatable bonds is 4. The van der Waals surface area contributed by atoms with E-state index in [1.807, 2.05) is 0 Å². The summed E-state index contributed by atoms with van der Waals surface area (Å²) in [6.07, 6.45) is 0. The van der Waals surface area contributed by atoms with Crippen LogP contribution in [0.15, 0.2) is 48.5 Å². The Morgan fingerprint density at radius 1 is 0.696 bits per heavy atom. The van der Waals surface area contributed by atoms with Crippen LogP contribution >= 0.6 is 0 Å². The molecule has 0 aliphatic rings. The molecule has 0 saturated heterocycles. The summed E-state index contributed by atoms with van der Waals surface area (Å²) in [6, 6.07) is 12.5. The third kappa shape index (κ3) is 6.93. The van der Waals surface area contributed by atoms with Crippen LogP contribution in [0.1, 0.15) is 20.7 Å². The fraction of sp³-hybridized carbons (Fsp3) is 0.125. The van der Waals surface area contributed by atoms with Crippen molar-refractivity contribution in [3.8, 4) is 11.5 Å². The molecule has 0 atom stereocenters. The van der Waals surface area contributed by atoms with E-state index in [9.17, 15) is 9.59 Å². The van der Waals surface area contributed by atoms with Crippen molar-refractivity contribution in [1.82, 2.24) is 0 Å². The Bertz CT molecular complexity index is 565. The first-order valence-corrected chi connectivity index (χ1v) is 6.22. The average molecular weight is 370 g/mol. The summed E-state index contributed by atoms with van der Waals surface area (Å²) in [5.74, 6) is -0.523. The maximum Gasteiger partial charge on any atom is 0.335 e. The van der Waals surface area contributed by atoms with E-state index in [4.69, 9.17) is 19.7 Å². The van der Waals surface area contributed by atoms with Crippen LogP contribution in [0.4, 0.5) is 0 Å². The fourth-order valence-electron chi connectivity index (χ4n) is 1.47. The van der Waals surface area contributed by atoms with Crippen molar-refractivity contribution in [1.29, 1.82) is 0 Å². The average Bonchev–Trinajstić information content (AvgIpc) is 2.55. The van der Waals surface area contributed by atoms with Crippen LogP contribution < -0.4 is 9.47 Å². The van der Waals surface area contributed by atoms with Gasteiger partial charge in [-0.3, -0.25) is 0 Å². The fourth-order valence-corrected chi connectivity index (χ4v) is 1.47. The van der Waals surface area contributed by atoms with Gasteiger partial charge >= 0.3 is 11.9 Å². The number of carboxylic acid groups (broad SMARTS) is 2. The summed E-state index contributed by atoms with van der Waals surface area (Å²) >= 11 is 0. The molecule has 2 aromatic carbocycles. The smallest absolute Gasteiger partial charge is 0.335 e. The first-order chi connectivity index (χ1) is 10.5. The summed E-state index contributed by atoms with van der Waals surface area (Å²) in [7, 11) is 3.07. The number of hydrogen-bond donors (Lipinski definition) is 2. The molecule has 0 bridgehead atoms. The van der Waals surface area contributed by atoms with E-state index >= 15 is 0 Å². The van der Waals surface area contributed by atoms with Crippen LogP contribution in [-0.2, 0) is 19.5 Å². The number of aromatic carboxylic acids is 2. The molecule has 7 heteroatoms. The van der Waals surface area contributed by atoms with Gasteiger partial charge in [0.1, 0.15) is 11.5 Å². The first-order valence-electron chi connectivity index (χ1n) is 6.22. The van der Waals surface area contributed by atoms with E-state index in [1.54, 1.807) is 24.3 Å². The Morgan fingerprint density at radius 2 is 0.957 bits per heavy atom. The van der Waals surface area contributed by atoms with Crippen molar-refractivity contribution in [2.24, 2.45) is 0 Å². The van der Waals surface area contributed by atoms with Crippen molar-refractivity contribution < 1.29 is 48.8 Å². The molecule has 0 fully saturated rings. The SMILES string of the molecule is COc1ccc(C(=O)O)cc1.COc1ccc(C(=O)O)cc1.[Zn]. The Hall–Kier alpha value is -2.40. The van der Waals surface area contributed by atoms with Gasteiger partial charge in [-0.05, 0) is 48.5 Å². The Morgan fingerprint density at radius 3 is 1.13 bits per heavy atom. The second-order valence-electron chi connectivity index (χ2n) is 4.07. The van der Waals surface area contributed by atoms with E-state index in [2.05, 4.69) is 0 Å². The molecule has 0 heterocycles. The summed E-state index contributed by atoms with van der Waals surface area (Å²) in [4.78, 5) is 20.7. The number of benzene rings is 2. The summed E-state index contributed by atoms with van der Waals surface area (Å²) in [6.45, 7) is 0. The van der Waals surface area contributed by atoms with Gasteiger partial charge in [0.25, 0.3) is 0 Å². The van der Waals surface area contributed by atoms with Crippen LogP contribution in [0.25, 0.3) is 0 Å². The van der Waals surface area contributed by atoms with Gasteiger partial charge in [-0.2, -0.15) is 0 Å². The standard InChI is InChI=1S/2C8H8O3.Zn/c2*1-11-7-4-2-6(3-5-7)8(9)10;/h2*2-5H,1H3,(H,9,10);. The monoisotopic (exact) mass is 368 g/mol. The summed E-state index contributed by atoms with van der Waals surface area (Å²) < 4.78 is 9.71. The normalized spacial score (nSPS) is 8.78. The molecule has 6 nitrogen and oxygen atoms in total. The molecule has 0 amide bonds. The summed E-state index contributed by atoms with van der Waals surface area (Å²) in [5, 5.41) is 17.0. The Balaban J connectivity index is 0.000000403. The van der Waals surface area contributed by atoms with E-state index in [0.717, 1.165) is 0 Å². The minimum absolute atomic E-state index is 0. The molecular formula is C16H16O6Zn. The third-order valence-electron chi connectivity index (χ3n) is 2.67. The number of hydrogen-bond acceptors (Lipinski definition) is 4. The second-order valence-corrected chi connectivity index (χ2v) is 4.07. The molecule has 0 aliphatic heterocycles.